The SMILES string of the molecule is CN(C)CCN(Cc1ccc(C#N)cc1)C(=O)c1csc(-c2ccc(Cl)s2)n1. The third-order valence-corrected chi connectivity index (χ3v) is 6.31. The topological polar surface area (TPSA) is 60.2 Å². The van der Waals surface area contributed by atoms with Gasteiger partial charge in [0.05, 0.1) is 20.8 Å². The second-order valence-electron chi connectivity index (χ2n) is 6.48. The van der Waals surface area contributed by atoms with Gasteiger partial charge in [-0.15, -0.1) is 22.7 Å². The third kappa shape index (κ3) is 5.18. The molecule has 0 N–H and O–H groups in total. The molecule has 1 amide bonds. The normalized spacial score (nSPS) is 10.8. The van der Waals surface area contributed by atoms with Gasteiger partial charge in [-0.05, 0) is 43.9 Å². The Labute approximate surface area is 177 Å². The zero-order valence-corrected chi connectivity index (χ0v) is 17.9. The molecule has 3 aromatic rings. The van der Waals surface area contributed by atoms with Crippen molar-refractivity contribution < 1.29 is 4.79 Å². The Morgan fingerprint density at radius 1 is 1.18 bits per heavy atom. The van der Waals surface area contributed by atoms with E-state index in [0.29, 0.717) is 28.7 Å². The van der Waals surface area contributed by atoms with Gasteiger partial charge in [-0.1, -0.05) is 23.7 Å². The number of thiophene rings is 1. The van der Waals surface area contributed by atoms with E-state index in [1.54, 1.807) is 22.4 Å². The fourth-order valence-electron chi connectivity index (χ4n) is 2.55. The standard InChI is InChI=1S/C20H19ClN4OS2/c1-24(2)9-10-25(12-15-5-3-14(11-22)4-6-15)20(26)16-13-27-19(23-16)17-7-8-18(21)28-17/h3-8,13H,9-10,12H2,1-2H3. The maximum Gasteiger partial charge on any atom is 0.273 e. The number of rotatable bonds is 7. The molecule has 0 aliphatic rings. The van der Waals surface area contributed by atoms with E-state index < -0.39 is 0 Å². The van der Waals surface area contributed by atoms with Crippen molar-refractivity contribution in [3.05, 3.63) is 62.9 Å². The quantitative estimate of drug-likeness (QED) is 0.549. The van der Waals surface area contributed by atoms with Gasteiger partial charge in [-0.3, -0.25) is 4.79 Å². The molecule has 0 saturated heterocycles. The lowest BCUT2D eigenvalue weighted by atomic mass is 10.1. The van der Waals surface area contributed by atoms with Crippen molar-refractivity contribution >= 4 is 40.2 Å². The van der Waals surface area contributed by atoms with Crippen LogP contribution in [0.15, 0.2) is 41.8 Å². The minimum Gasteiger partial charge on any atom is -0.332 e. The number of carbonyl (C=O) groups is 1. The first-order valence-electron chi connectivity index (χ1n) is 8.60. The van der Waals surface area contributed by atoms with Gasteiger partial charge in [0.25, 0.3) is 5.91 Å². The van der Waals surface area contributed by atoms with Crippen LogP contribution in [0.4, 0.5) is 0 Å². The molecule has 0 fully saturated rings. The minimum atomic E-state index is -0.101. The summed E-state index contributed by atoms with van der Waals surface area (Å²) in [6.45, 7) is 1.80. The van der Waals surface area contributed by atoms with E-state index in [0.717, 1.165) is 22.0 Å². The average molecular weight is 431 g/mol. The van der Waals surface area contributed by atoms with Crippen molar-refractivity contribution in [3.63, 3.8) is 0 Å². The number of carbonyl (C=O) groups excluding carboxylic acids is 1. The minimum absolute atomic E-state index is 0.101. The first kappa shape index (κ1) is 20.5. The number of amides is 1. The van der Waals surface area contributed by atoms with Crippen LogP contribution >= 0.6 is 34.3 Å². The lowest BCUT2D eigenvalue weighted by Gasteiger charge is -2.24. The Hall–Kier alpha value is -2.24. The van der Waals surface area contributed by atoms with Gasteiger partial charge in [0.15, 0.2) is 0 Å². The number of halogens is 1. The number of likely N-dealkylation sites (N-methyl/N-ethyl adjacent to an activating group) is 1. The molecule has 1 aromatic carbocycles. The Morgan fingerprint density at radius 3 is 2.54 bits per heavy atom. The van der Waals surface area contributed by atoms with Crippen LogP contribution < -0.4 is 0 Å². The van der Waals surface area contributed by atoms with Crippen LogP contribution in [0.3, 0.4) is 0 Å². The van der Waals surface area contributed by atoms with Crippen LogP contribution in [0.2, 0.25) is 4.34 Å². The van der Waals surface area contributed by atoms with E-state index >= 15 is 0 Å². The van der Waals surface area contributed by atoms with Gasteiger partial charge >= 0.3 is 0 Å². The molecule has 0 saturated carbocycles. The summed E-state index contributed by atoms with van der Waals surface area (Å²) >= 11 is 8.90. The highest BCUT2D eigenvalue weighted by Crippen LogP contribution is 2.33. The molecule has 3 rings (SSSR count). The first-order chi connectivity index (χ1) is 13.5. The van der Waals surface area contributed by atoms with E-state index in [-0.39, 0.29) is 5.91 Å². The maximum atomic E-state index is 13.1. The summed E-state index contributed by atoms with van der Waals surface area (Å²) in [4.78, 5) is 22.4. The predicted octanol–water partition coefficient (Wildman–Crippen LogP) is 4.60. The first-order valence-corrected chi connectivity index (χ1v) is 10.7. The van der Waals surface area contributed by atoms with Gasteiger partial charge in [0, 0.05) is 25.0 Å². The number of aromatic nitrogens is 1. The number of hydrogen-bond donors (Lipinski definition) is 0. The van der Waals surface area contributed by atoms with Crippen LogP contribution in [0, 0.1) is 11.3 Å². The smallest absolute Gasteiger partial charge is 0.273 e. The second kappa shape index (κ2) is 9.30. The highest BCUT2D eigenvalue weighted by Gasteiger charge is 2.20. The largest absolute Gasteiger partial charge is 0.332 e. The van der Waals surface area contributed by atoms with Crippen LogP contribution in [0.1, 0.15) is 21.6 Å². The molecule has 2 aromatic heterocycles. The highest BCUT2D eigenvalue weighted by atomic mass is 35.5. The Kier molecular flexibility index (Phi) is 6.81. The van der Waals surface area contributed by atoms with Gasteiger partial charge in [0.2, 0.25) is 0 Å². The number of nitriles is 1. The molecule has 0 atom stereocenters. The lowest BCUT2D eigenvalue weighted by Crippen LogP contribution is -2.36. The molecular formula is C20H19ClN4OS2. The zero-order chi connectivity index (χ0) is 20.1. The fourth-order valence-corrected chi connectivity index (χ4v) is 4.46. The second-order valence-corrected chi connectivity index (χ2v) is 9.05. The molecule has 2 heterocycles. The number of hydrogen-bond acceptors (Lipinski definition) is 6. The zero-order valence-electron chi connectivity index (χ0n) is 15.6. The molecule has 144 valence electrons. The Bertz CT molecular complexity index is 988. The van der Waals surface area contributed by atoms with Crippen molar-refractivity contribution in [2.24, 2.45) is 0 Å². The summed E-state index contributed by atoms with van der Waals surface area (Å²) in [6, 6.07) is 13.2. The number of nitrogens with zero attached hydrogens (tertiary/aromatic N) is 4. The van der Waals surface area contributed by atoms with E-state index in [1.165, 1.54) is 22.7 Å². The summed E-state index contributed by atoms with van der Waals surface area (Å²) in [5, 5.41) is 11.6. The Balaban J connectivity index is 1.79. The molecule has 0 aliphatic carbocycles. The van der Waals surface area contributed by atoms with Crippen LogP contribution in [-0.2, 0) is 6.54 Å². The lowest BCUT2D eigenvalue weighted by molar-refractivity contribution is 0.0727. The molecule has 0 bridgehead atoms. The summed E-state index contributed by atoms with van der Waals surface area (Å²) in [5.41, 5.74) is 2.03. The monoisotopic (exact) mass is 430 g/mol. The molecule has 28 heavy (non-hydrogen) atoms. The number of thiazole rings is 1. The molecule has 0 radical (unpaired) electrons. The van der Waals surface area contributed by atoms with Crippen molar-refractivity contribution in [1.29, 1.82) is 5.26 Å². The maximum absolute atomic E-state index is 13.1. The van der Waals surface area contributed by atoms with Crippen molar-refractivity contribution in [2.45, 2.75) is 6.54 Å². The van der Waals surface area contributed by atoms with E-state index in [4.69, 9.17) is 16.9 Å². The fraction of sp³-hybridized carbons (Fsp3) is 0.250. The highest BCUT2D eigenvalue weighted by molar-refractivity contribution is 7.23. The van der Waals surface area contributed by atoms with Gasteiger partial charge in [-0.2, -0.15) is 5.26 Å². The number of benzene rings is 1. The van der Waals surface area contributed by atoms with Gasteiger partial charge in [0.1, 0.15) is 10.7 Å². The summed E-state index contributed by atoms with van der Waals surface area (Å²) in [7, 11) is 3.96. The average Bonchev–Trinajstić information content (AvgIpc) is 3.34. The summed E-state index contributed by atoms with van der Waals surface area (Å²) < 4.78 is 0.700. The van der Waals surface area contributed by atoms with Gasteiger partial charge in [-0.25, -0.2) is 4.98 Å². The summed E-state index contributed by atoms with van der Waals surface area (Å²) in [6.07, 6.45) is 0. The molecule has 0 spiro atoms. The van der Waals surface area contributed by atoms with Crippen LogP contribution in [-0.4, -0.2) is 47.9 Å². The van der Waals surface area contributed by atoms with E-state index in [2.05, 4.69) is 11.1 Å². The summed E-state index contributed by atoms with van der Waals surface area (Å²) in [5.74, 6) is -0.101. The predicted molar refractivity (Wildman–Crippen MR) is 115 cm³/mol. The molecule has 5 nitrogen and oxygen atoms in total. The van der Waals surface area contributed by atoms with Gasteiger partial charge < -0.3 is 9.80 Å². The Morgan fingerprint density at radius 2 is 1.93 bits per heavy atom. The third-order valence-electron chi connectivity index (χ3n) is 4.07. The van der Waals surface area contributed by atoms with Crippen molar-refractivity contribution in [2.75, 3.05) is 27.2 Å². The van der Waals surface area contributed by atoms with E-state index in [9.17, 15) is 4.79 Å². The van der Waals surface area contributed by atoms with E-state index in [1.807, 2.05) is 43.3 Å². The molecular weight excluding hydrogens is 412 g/mol. The molecule has 0 aliphatic heterocycles. The van der Waals surface area contributed by atoms with Crippen LogP contribution in [0.25, 0.3) is 9.88 Å². The van der Waals surface area contributed by atoms with Crippen molar-refractivity contribution in [1.82, 2.24) is 14.8 Å². The van der Waals surface area contributed by atoms with Crippen molar-refractivity contribution in [3.8, 4) is 16.0 Å². The molecule has 8 heteroatoms. The van der Waals surface area contributed by atoms with Crippen LogP contribution in [0.5, 0.6) is 0 Å². The molecule has 0 unspecified atom stereocenters.